The fraction of sp³-hybridized carbons (Fsp3) is 0.538. The molecule has 0 unspecified atom stereocenters. The Balaban J connectivity index is 1.82. The molecule has 0 amide bonds. The average molecular weight is 213 g/mol. The predicted molar refractivity (Wildman–Crippen MR) is 62.0 cm³/mol. The van der Waals surface area contributed by atoms with Crippen LogP contribution in [0.2, 0.25) is 0 Å². The first-order valence-corrected chi connectivity index (χ1v) is 5.99. The molecule has 0 aliphatic heterocycles. The van der Waals surface area contributed by atoms with Crippen molar-refractivity contribution in [3.63, 3.8) is 0 Å². The smallest absolute Gasteiger partial charge is 0.130 e. The van der Waals surface area contributed by atoms with Gasteiger partial charge in [0, 0.05) is 18.8 Å². The van der Waals surface area contributed by atoms with Gasteiger partial charge in [0.15, 0.2) is 0 Å². The third-order valence-corrected chi connectivity index (χ3v) is 3.31. The monoisotopic (exact) mass is 213 g/mol. The molecule has 0 atom stereocenters. The summed E-state index contributed by atoms with van der Waals surface area (Å²) in [5.41, 5.74) is 0.714. The molecule has 3 nitrogen and oxygen atoms in total. The van der Waals surface area contributed by atoms with E-state index in [0.717, 1.165) is 18.3 Å². The van der Waals surface area contributed by atoms with Crippen LogP contribution in [0.4, 0.5) is 5.82 Å². The minimum atomic E-state index is 0.682. The molecule has 0 aromatic carbocycles. The van der Waals surface area contributed by atoms with Gasteiger partial charge in [0.05, 0.1) is 11.6 Å². The van der Waals surface area contributed by atoms with Crippen molar-refractivity contribution in [2.75, 3.05) is 11.4 Å². The van der Waals surface area contributed by atoms with Gasteiger partial charge in [0.25, 0.3) is 0 Å². The first kappa shape index (κ1) is 9.65. The maximum Gasteiger partial charge on any atom is 0.130 e. The van der Waals surface area contributed by atoms with Crippen molar-refractivity contribution < 1.29 is 0 Å². The first-order chi connectivity index (χ1) is 7.86. The van der Waals surface area contributed by atoms with E-state index >= 15 is 0 Å². The molecule has 82 valence electrons. The Bertz CT molecular complexity index is 427. The molecule has 2 saturated carbocycles. The molecule has 3 heteroatoms. The normalized spacial score (nSPS) is 19.2. The minimum Gasteiger partial charge on any atom is -0.353 e. The van der Waals surface area contributed by atoms with Gasteiger partial charge < -0.3 is 4.90 Å². The summed E-state index contributed by atoms with van der Waals surface area (Å²) in [7, 11) is 0. The zero-order valence-corrected chi connectivity index (χ0v) is 9.26. The van der Waals surface area contributed by atoms with E-state index < -0.39 is 0 Å². The van der Waals surface area contributed by atoms with Gasteiger partial charge in [0.2, 0.25) is 0 Å². The van der Waals surface area contributed by atoms with Crippen molar-refractivity contribution in [2.24, 2.45) is 5.92 Å². The lowest BCUT2D eigenvalue weighted by Gasteiger charge is -2.23. The minimum absolute atomic E-state index is 0.682. The van der Waals surface area contributed by atoms with Gasteiger partial charge >= 0.3 is 0 Å². The maximum atomic E-state index is 8.90. The van der Waals surface area contributed by atoms with E-state index in [2.05, 4.69) is 16.0 Å². The molecule has 2 fully saturated rings. The van der Waals surface area contributed by atoms with Crippen LogP contribution in [0.15, 0.2) is 18.3 Å². The third kappa shape index (κ3) is 2.01. The standard InChI is InChI=1S/C13H15N3/c14-8-11-5-6-15-13(7-11)16(12-3-4-12)9-10-1-2-10/h5-7,10,12H,1-4,9H2. The second-order valence-corrected chi connectivity index (χ2v) is 4.84. The third-order valence-electron chi connectivity index (χ3n) is 3.31. The number of pyridine rings is 1. The molecule has 0 radical (unpaired) electrons. The van der Waals surface area contributed by atoms with Gasteiger partial charge in [-0.15, -0.1) is 0 Å². The summed E-state index contributed by atoms with van der Waals surface area (Å²) in [6, 6.07) is 6.55. The van der Waals surface area contributed by atoms with Crippen LogP contribution in [0, 0.1) is 17.2 Å². The summed E-state index contributed by atoms with van der Waals surface area (Å²) in [5.74, 6) is 1.86. The zero-order chi connectivity index (χ0) is 11.0. The lowest BCUT2D eigenvalue weighted by atomic mass is 10.2. The molecule has 0 N–H and O–H groups in total. The molecule has 2 aliphatic carbocycles. The van der Waals surface area contributed by atoms with E-state index in [0.29, 0.717) is 11.6 Å². The highest BCUT2D eigenvalue weighted by atomic mass is 15.2. The second kappa shape index (κ2) is 3.79. The van der Waals surface area contributed by atoms with E-state index in [1.165, 1.54) is 25.7 Å². The fourth-order valence-electron chi connectivity index (χ4n) is 2.04. The Morgan fingerprint density at radius 3 is 2.81 bits per heavy atom. The summed E-state index contributed by atoms with van der Waals surface area (Å²) in [6.45, 7) is 1.13. The summed E-state index contributed by atoms with van der Waals surface area (Å²) < 4.78 is 0. The van der Waals surface area contributed by atoms with E-state index in [1.807, 2.05) is 6.07 Å². The van der Waals surface area contributed by atoms with Crippen molar-refractivity contribution in [3.8, 4) is 6.07 Å². The number of nitriles is 1. The quantitative estimate of drug-likeness (QED) is 0.770. The molecule has 16 heavy (non-hydrogen) atoms. The molecule has 3 rings (SSSR count). The molecular formula is C13H15N3. The van der Waals surface area contributed by atoms with Gasteiger partial charge in [-0.2, -0.15) is 5.26 Å². The van der Waals surface area contributed by atoms with Crippen LogP contribution in [0.3, 0.4) is 0 Å². The van der Waals surface area contributed by atoms with Crippen molar-refractivity contribution in [2.45, 2.75) is 31.7 Å². The molecular weight excluding hydrogens is 198 g/mol. The largest absolute Gasteiger partial charge is 0.353 e. The lowest BCUT2D eigenvalue weighted by molar-refractivity contribution is 0.709. The SMILES string of the molecule is N#Cc1ccnc(N(CC2CC2)C2CC2)c1. The van der Waals surface area contributed by atoms with Crippen molar-refractivity contribution in [1.82, 2.24) is 4.98 Å². The fourth-order valence-corrected chi connectivity index (χ4v) is 2.04. The summed E-state index contributed by atoms with van der Waals surface area (Å²) in [6.07, 6.45) is 7.04. The number of nitrogens with zero attached hydrogens (tertiary/aromatic N) is 3. The molecule has 0 bridgehead atoms. The molecule has 0 spiro atoms. The topological polar surface area (TPSA) is 39.9 Å². The van der Waals surface area contributed by atoms with Crippen LogP contribution in [0.5, 0.6) is 0 Å². The molecule has 0 saturated heterocycles. The summed E-state index contributed by atoms with van der Waals surface area (Å²) in [4.78, 5) is 6.81. The molecule has 1 aromatic heterocycles. The molecule has 2 aliphatic rings. The van der Waals surface area contributed by atoms with Gasteiger partial charge in [-0.1, -0.05) is 0 Å². The zero-order valence-electron chi connectivity index (χ0n) is 9.26. The van der Waals surface area contributed by atoms with Crippen LogP contribution < -0.4 is 4.90 Å². The Labute approximate surface area is 95.7 Å². The van der Waals surface area contributed by atoms with Crippen molar-refractivity contribution in [1.29, 1.82) is 5.26 Å². The van der Waals surface area contributed by atoms with E-state index in [9.17, 15) is 0 Å². The van der Waals surface area contributed by atoms with Gasteiger partial charge in [0.1, 0.15) is 5.82 Å². The second-order valence-electron chi connectivity index (χ2n) is 4.84. The Morgan fingerprint density at radius 2 is 2.19 bits per heavy atom. The summed E-state index contributed by atoms with van der Waals surface area (Å²) >= 11 is 0. The average Bonchev–Trinajstić information content (AvgIpc) is 3.16. The van der Waals surface area contributed by atoms with Crippen molar-refractivity contribution >= 4 is 5.82 Å². The number of aromatic nitrogens is 1. The first-order valence-electron chi connectivity index (χ1n) is 5.99. The molecule has 1 aromatic rings. The molecule has 1 heterocycles. The predicted octanol–water partition coefficient (Wildman–Crippen LogP) is 2.33. The highest BCUT2D eigenvalue weighted by Crippen LogP contribution is 2.37. The van der Waals surface area contributed by atoms with E-state index in [1.54, 1.807) is 12.3 Å². The number of anilines is 1. The maximum absolute atomic E-state index is 8.90. The van der Waals surface area contributed by atoms with E-state index in [4.69, 9.17) is 5.26 Å². The highest BCUT2D eigenvalue weighted by molar-refractivity contribution is 5.47. The Kier molecular flexibility index (Phi) is 2.28. The van der Waals surface area contributed by atoms with Crippen LogP contribution in [0.25, 0.3) is 0 Å². The number of hydrogen-bond donors (Lipinski definition) is 0. The number of hydrogen-bond acceptors (Lipinski definition) is 3. The number of rotatable bonds is 4. The van der Waals surface area contributed by atoms with Crippen LogP contribution in [-0.2, 0) is 0 Å². The summed E-state index contributed by atoms with van der Waals surface area (Å²) in [5, 5.41) is 8.90. The van der Waals surface area contributed by atoms with Gasteiger partial charge in [-0.05, 0) is 43.7 Å². The van der Waals surface area contributed by atoms with E-state index in [-0.39, 0.29) is 0 Å². The van der Waals surface area contributed by atoms with Crippen LogP contribution in [-0.4, -0.2) is 17.6 Å². The van der Waals surface area contributed by atoms with Crippen molar-refractivity contribution in [3.05, 3.63) is 23.9 Å². The van der Waals surface area contributed by atoms with Crippen LogP contribution >= 0.6 is 0 Å². The Hall–Kier alpha value is -1.56. The Morgan fingerprint density at radius 1 is 1.38 bits per heavy atom. The van der Waals surface area contributed by atoms with Gasteiger partial charge in [-0.3, -0.25) is 0 Å². The van der Waals surface area contributed by atoms with Gasteiger partial charge in [-0.25, -0.2) is 4.98 Å². The van der Waals surface area contributed by atoms with Crippen LogP contribution in [0.1, 0.15) is 31.2 Å². The lowest BCUT2D eigenvalue weighted by Crippen LogP contribution is -2.28. The highest BCUT2D eigenvalue weighted by Gasteiger charge is 2.34.